The number of hydrogen-bond donors (Lipinski definition) is 0. The maximum atomic E-state index is 12.1. The average molecular weight is 269 g/mol. The molecule has 0 aliphatic carbocycles. The lowest BCUT2D eigenvalue weighted by molar-refractivity contribution is -0.275. The Labute approximate surface area is 102 Å². The second kappa shape index (κ2) is 6.59. The van der Waals surface area contributed by atoms with Crippen molar-refractivity contribution in [1.29, 1.82) is 0 Å². The molecular weight excluding hydrogens is 257 g/mol. The summed E-state index contributed by atoms with van der Waals surface area (Å²) in [5.41, 5.74) is 0. The van der Waals surface area contributed by atoms with Crippen LogP contribution in [0.15, 0.2) is 24.3 Å². The molecule has 0 saturated heterocycles. The van der Waals surface area contributed by atoms with Gasteiger partial charge in [-0.25, -0.2) is 0 Å². The predicted molar refractivity (Wildman–Crippen MR) is 58.6 cm³/mol. The van der Waals surface area contributed by atoms with Crippen LogP contribution < -0.4 is 9.47 Å². The molecule has 17 heavy (non-hydrogen) atoms. The lowest BCUT2D eigenvalue weighted by Gasteiger charge is -2.13. The fraction of sp³-hybridized carbons (Fsp3) is 0.455. The smallest absolute Gasteiger partial charge is 0.490 e. The number of rotatable bonds is 6. The first-order valence-corrected chi connectivity index (χ1v) is 5.60. The molecule has 0 N–H and O–H groups in total. The fourth-order valence-electron chi connectivity index (χ4n) is 1.16. The van der Waals surface area contributed by atoms with E-state index in [-0.39, 0.29) is 11.5 Å². The van der Waals surface area contributed by atoms with Crippen LogP contribution in [0.2, 0.25) is 0 Å². The molecule has 0 bridgehead atoms. The van der Waals surface area contributed by atoms with E-state index in [9.17, 15) is 13.2 Å². The van der Waals surface area contributed by atoms with Gasteiger partial charge in [-0.2, -0.15) is 0 Å². The van der Waals surface area contributed by atoms with Crippen molar-refractivity contribution in [3.05, 3.63) is 24.3 Å². The Bertz CT molecular complexity index is 342. The number of ether oxygens (including phenoxy) is 2. The summed E-state index contributed by atoms with van der Waals surface area (Å²) in [5, 5.41) is 0. The van der Waals surface area contributed by atoms with Gasteiger partial charge in [-0.05, 0) is 25.0 Å². The van der Waals surface area contributed by atoms with Gasteiger partial charge in [-0.1, -0.05) is 12.1 Å². The van der Waals surface area contributed by atoms with Gasteiger partial charge in [0.05, 0.1) is 6.61 Å². The summed E-state index contributed by atoms with van der Waals surface area (Å²) < 4.78 is 45.2. The number of unbranched alkanes of at least 4 members (excludes halogenated alkanes) is 1. The van der Waals surface area contributed by atoms with E-state index in [4.69, 9.17) is 16.3 Å². The molecule has 0 spiro atoms. The van der Waals surface area contributed by atoms with E-state index in [1.54, 1.807) is 6.07 Å². The summed E-state index contributed by atoms with van der Waals surface area (Å²) in [4.78, 5) is 0. The van der Waals surface area contributed by atoms with Gasteiger partial charge in [-0.3, -0.25) is 0 Å². The van der Waals surface area contributed by atoms with Gasteiger partial charge < -0.3 is 9.47 Å². The van der Waals surface area contributed by atoms with Crippen LogP contribution in [-0.2, 0) is 0 Å². The van der Waals surface area contributed by atoms with Gasteiger partial charge in [0.25, 0.3) is 0 Å². The Kier molecular flexibility index (Phi) is 5.41. The third-order valence-electron chi connectivity index (χ3n) is 1.86. The van der Waals surface area contributed by atoms with E-state index in [0.29, 0.717) is 18.9 Å². The van der Waals surface area contributed by atoms with Crippen molar-refractivity contribution < 1.29 is 22.6 Å². The highest BCUT2D eigenvalue weighted by Crippen LogP contribution is 2.31. The number of benzene rings is 1. The Morgan fingerprint density at radius 2 is 1.71 bits per heavy atom. The molecule has 0 fully saturated rings. The van der Waals surface area contributed by atoms with Crippen molar-refractivity contribution in [1.82, 2.24) is 0 Å². The van der Waals surface area contributed by atoms with Crippen molar-refractivity contribution in [2.45, 2.75) is 19.2 Å². The monoisotopic (exact) mass is 268 g/mol. The molecule has 0 aromatic heterocycles. The van der Waals surface area contributed by atoms with Crippen LogP contribution in [0.1, 0.15) is 12.8 Å². The fourth-order valence-corrected chi connectivity index (χ4v) is 1.35. The minimum Gasteiger partial charge on any atom is -0.490 e. The van der Waals surface area contributed by atoms with Crippen molar-refractivity contribution >= 4 is 11.6 Å². The van der Waals surface area contributed by atoms with Gasteiger partial charge in [0.1, 0.15) is 0 Å². The zero-order valence-electron chi connectivity index (χ0n) is 8.97. The summed E-state index contributed by atoms with van der Waals surface area (Å²) in [6.45, 7) is 0.310. The zero-order chi connectivity index (χ0) is 12.7. The minimum atomic E-state index is -4.71. The third-order valence-corrected chi connectivity index (χ3v) is 2.13. The average Bonchev–Trinajstić information content (AvgIpc) is 2.24. The summed E-state index contributed by atoms with van der Waals surface area (Å²) in [7, 11) is 0. The first kappa shape index (κ1) is 14.0. The lowest BCUT2D eigenvalue weighted by atomic mass is 10.3. The SMILES string of the molecule is FC(F)(F)Oc1ccccc1OCCCCCl. The van der Waals surface area contributed by atoms with Crippen molar-refractivity contribution in [3.63, 3.8) is 0 Å². The zero-order valence-corrected chi connectivity index (χ0v) is 9.72. The molecule has 0 unspecified atom stereocenters. The van der Waals surface area contributed by atoms with Crippen LogP contribution >= 0.6 is 11.6 Å². The number of halogens is 4. The summed E-state index contributed by atoms with van der Waals surface area (Å²) in [5.74, 6) is 0.259. The molecule has 1 aromatic carbocycles. The minimum absolute atomic E-state index is 0.0828. The van der Waals surface area contributed by atoms with Crippen LogP contribution in [-0.4, -0.2) is 18.8 Å². The van der Waals surface area contributed by atoms with E-state index in [2.05, 4.69) is 4.74 Å². The van der Waals surface area contributed by atoms with Crippen molar-refractivity contribution in [2.24, 2.45) is 0 Å². The van der Waals surface area contributed by atoms with Gasteiger partial charge >= 0.3 is 6.36 Å². The van der Waals surface area contributed by atoms with Crippen LogP contribution in [0.25, 0.3) is 0 Å². The molecule has 1 aromatic rings. The largest absolute Gasteiger partial charge is 0.573 e. The van der Waals surface area contributed by atoms with Crippen LogP contribution in [0.3, 0.4) is 0 Å². The quantitative estimate of drug-likeness (QED) is 0.574. The molecule has 0 heterocycles. The Hall–Kier alpha value is -1.10. The normalized spacial score (nSPS) is 11.3. The molecule has 0 amide bonds. The second-order valence-corrected chi connectivity index (χ2v) is 3.62. The Balaban J connectivity index is 2.58. The highest BCUT2D eigenvalue weighted by Gasteiger charge is 2.32. The van der Waals surface area contributed by atoms with Gasteiger partial charge in [-0.15, -0.1) is 24.8 Å². The first-order chi connectivity index (χ1) is 8.03. The van der Waals surface area contributed by atoms with Gasteiger partial charge in [0.2, 0.25) is 0 Å². The molecule has 2 nitrogen and oxygen atoms in total. The molecular formula is C11H12ClF3O2. The lowest BCUT2D eigenvalue weighted by Crippen LogP contribution is -2.17. The van der Waals surface area contributed by atoms with Crippen LogP contribution in [0, 0.1) is 0 Å². The van der Waals surface area contributed by atoms with E-state index in [1.807, 2.05) is 0 Å². The highest BCUT2D eigenvalue weighted by molar-refractivity contribution is 6.17. The predicted octanol–water partition coefficient (Wildman–Crippen LogP) is 3.98. The standard InChI is InChI=1S/C11H12ClF3O2/c12-7-3-4-8-16-9-5-1-2-6-10(9)17-11(13,14)15/h1-2,5-6H,3-4,7-8H2. The molecule has 1 rings (SSSR count). The maximum Gasteiger partial charge on any atom is 0.573 e. The van der Waals surface area contributed by atoms with Crippen molar-refractivity contribution in [3.8, 4) is 11.5 Å². The van der Waals surface area contributed by atoms with E-state index in [0.717, 1.165) is 6.42 Å². The third kappa shape index (κ3) is 5.68. The van der Waals surface area contributed by atoms with Gasteiger partial charge in [0.15, 0.2) is 11.5 Å². The first-order valence-electron chi connectivity index (χ1n) is 5.06. The van der Waals surface area contributed by atoms with E-state index >= 15 is 0 Å². The van der Waals surface area contributed by atoms with Gasteiger partial charge in [0, 0.05) is 5.88 Å². The molecule has 0 radical (unpaired) electrons. The van der Waals surface area contributed by atoms with E-state index in [1.165, 1.54) is 18.2 Å². The molecule has 0 atom stereocenters. The second-order valence-electron chi connectivity index (χ2n) is 3.24. The Morgan fingerprint density at radius 3 is 2.29 bits per heavy atom. The molecule has 6 heteroatoms. The van der Waals surface area contributed by atoms with Crippen LogP contribution in [0.4, 0.5) is 13.2 Å². The number of alkyl halides is 4. The topological polar surface area (TPSA) is 18.5 Å². The molecule has 0 saturated carbocycles. The summed E-state index contributed by atoms with van der Waals surface area (Å²) in [6.07, 6.45) is -3.27. The molecule has 96 valence electrons. The van der Waals surface area contributed by atoms with E-state index < -0.39 is 6.36 Å². The highest BCUT2D eigenvalue weighted by atomic mass is 35.5. The maximum absolute atomic E-state index is 12.1. The van der Waals surface area contributed by atoms with Crippen LogP contribution in [0.5, 0.6) is 11.5 Å². The molecule has 0 aliphatic heterocycles. The number of hydrogen-bond acceptors (Lipinski definition) is 2. The number of para-hydroxylation sites is 2. The van der Waals surface area contributed by atoms with Crippen molar-refractivity contribution in [2.75, 3.05) is 12.5 Å². The Morgan fingerprint density at radius 1 is 1.06 bits per heavy atom. The molecule has 0 aliphatic rings. The summed E-state index contributed by atoms with van der Waals surface area (Å²) >= 11 is 5.47. The summed E-state index contributed by atoms with van der Waals surface area (Å²) in [6, 6.07) is 5.68.